The van der Waals surface area contributed by atoms with Gasteiger partial charge >= 0.3 is 5.97 Å². The molecule has 0 radical (unpaired) electrons. The number of benzene rings is 3. The van der Waals surface area contributed by atoms with Gasteiger partial charge in [-0.15, -0.1) is 0 Å². The molecule has 0 spiro atoms. The summed E-state index contributed by atoms with van der Waals surface area (Å²) in [6.45, 7) is 2.43. The first kappa shape index (κ1) is 15.9. The second kappa shape index (κ2) is 6.66. The maximum Gasteiger partial charge on any atom is 0.343 e. The van der Waals surface area contributed by atoms with Crippen molar-refractivity contribution in [2.75, 3.05) is 6.61 Å². The highest BCUT2D eigenvalue weighted by Gasteiger charge is 2.12. The van der Waals surface area contributed by atoms with E-state index in [0.29, 0.717) is 23.5 Å². The Bertz CT molecular complexity index is 889. The molecule has 0 saturated carbocycles. The van der Waals surface area contributed by atoms with Crippen LogP contribution in [0.1, 0.15) is 17.3 Å². The van der Waals surface area contributed by atoms with Crippen LogP contribution in [0, 0.1) is 11.6 Å². The second-order valence-electron chi connectivity index (χ2n) is 5.09. The van der Waals surface area contributed by atoms with Crippen LogP contribution in [-0.2, 0) is 0 Å². The van der Waals surface area contributed by atoms with Gasteiger partial charge in [-0.25, -0.2) is 13.6 Å². The molecule has 0 aliphatic carbocycles. The predicted octanol–water partition coefficient (Wildman–Crippen LogP) is 4.74. The summed E-state index contributed by atoms with van der Waals surface area (Å²) in [5.74, 6) is -1.38. The number of hydrogen-bond acceptors (Lipinski definition) is 3. The van der Waals surface area contributed by atoms with Gasteiger partial charge in [-0.05, 0) is 54.8 Å². The molecule has 0 bridgehead atoms. The van der Waals surface area contributed by atoms with E-state index in [4.69, 9.17) is 9.47 Å². The molecule has 122 valence electrons. The molecule has 0 amide bonds. The molecule has 3 nitrogen and oxygen atoms in total. The van der Waals surface area contributed by atoms with Crippen molar-refractivity contribution < 1.29 is 23.0 Å². The van der Waals surface area contributed by atoms with E-state index in [1.54, 1.807) is 24.3 Å². The van der Waals surface area contributed by atoms with E-state index < -0.39 is 17.6 Å². The van der Waals surface area contributed by atoms with Gasteiger partial charge in [0.1, 0.15) is 11.5 Å². The molecule has 0 atom stereocenters. The van der Waals surface area contributed by atoms with Crippen molar-refractivity contribution in [2.45, 2.75) is 6.92 Å². The number of carbonyl (C=O) groups is 1. The molecule has 0 aliphatic rings. The summed E-state index contributed by atoms with van der Waals surface area (Å²) >= 11 is 0. The van der Waals surface area contributed by atoms with Gasteiger partial charge < -0.3 is 9.47 Å². The van der Waals surface area contributed by atoms with E-state index in [-0.39, 0.29) is 10.9 Å². The first-order valence-corrected chi connectivity index (χ1v) is 7.41. The predicted molar refractivity (Wildman–Crippen MR) is 86.4 cm³/mol. The molecule has 0 saturated heterocycles. The molecular formula is C19H14F2O3. The zero-order valence-electron chi connectivity index (χ0n) is 12.9. The third kappa shape index (κ3) is 3.20. The van der Waals surface area contributed by atoms with E-state index in [0.717, 1.165) is 6.07 Å². The number of hydrogen-bond donors (Lipinski definition) is 0. The van der Waals surface area contributed by atoms with Gasteiger partial charge in [-0.1, -0.05) is 12.1 Å². The van der Waals surface area contributed by atoms with Gasteiger partial charge in [-0.3, -0.25) is 0 Å². The molecule has 0 fully saturated rings. The van der Waals surface area contributed by atoms with Gasteiger partial charge in [0.05, 0.1) is 12.2 Å². The van der Waals surface area contributed by atoms with Crippen molar-refractivity contribution in [3.63, 3.8) is 0 Å². The van der Waals surface area contributed by atoms with Crippen LogP contribution in [0.25, 0.3) is 10.8 Å². The third-order valence-corrected chi connectivity index (χ3v) is 3.49. The van der Waals surface area contributed by atoms with E-state index in [1.807, 2.05) is 6.92 Å². The summed E-state index contributed by atoms with van der Waals surface area (Å²) in [6, 6.07) is 13.3. The number of ether oxygens (including phenoxy) is 2. The lowest BCUT2D eigenvalue weighted by molar-refractivity contribution is 0.0734. The average molecular weight is 328 g/mol. The largest absolute Gasteiger partial charge is 0.494 e. The first-order valence-electron chi connectivity index (χ1n) is 7.41. The Labute approximate surface area is 137 Å². The summed E-state index contributed by atoms with van der Waals surface area (Å²) in [6.07, 6.45) is 0. The maximum absolute atomic E-state index is 13.7. The smallest absolute Gasteiger partial charge is 0.343 e. The van der Waals surface area contributed by atoms with Gasteiger partial charge in [0.2, 0.25) is 0 Å². The fraction of sp³-hybridized carbons (Fsp3) is 0.105. The standard InChI is InChI=1S/C19H14F2O3/c1-2-23-14-5-7-15(8-6-14)24-19(22)13-3-9-16-12(11-13)4-10-17(20)18(16)21/h3-11H,2H2,1H3. The van der Waals surface area contributed by atoms with Crippen LogP contribution in [0.5, 0.6) is 11.5 Å². The van der Waals surface area contributed by atoms with E-state index >= 15 is 0 Å². The lowest BCUT2D eigenvalue weighted by atomic mass is 10.1. The Morgan fingerprint density at radius 2 is 1.67 bits per heavy atom. The SMILES string of the molecule is CCOc1ccc(OC(=O)c2ccc3c(F)c(F)ccc3c2)cc1. The lowest BCUT2D eigenvalue weighted by Crippen LogP contribution is -2.08. The van der Waals surface area contributed by atoms with Crippen LogP contribution in [-0.4, -0.2) is 12.6 Å². The summed E-state index contributed by atoms with van der Waals surface area (Å²) in [5.41, 5.74) is 0.252. The number of halogens is 2. The van der Waals surface area contributed by atoms with E-state index in [2.05, 4.69) is 0 Å². The second-order valence-corrected chi connectivity index (χ2v) is 5.09. The average Bonchev–Trinajstić information content (AvgIpc) is 2.60. The molecule has 0 aromatic heterocycles. The summed E-state index contributed by atoms with van der Waals surface area (Å²) in [5, 5.41) is 0.544. The molecule has 3 rings (SSSR count). The lowest BCUT2D eigenvalue weighted by Gasteiger charge is -2.07. The highest BCUT2D eigenvalue weighted by molar-refractivity contribution is 5.96. The fourth-order valence-electron chi connectivity index (χ4n) is 2.33. The molecule has 0 heterocycles. The topological polar surface area (TPSA) is 35.5 Å². The van der Waals surface area contributed by atoms with Crippen molar-refractivity contribution in [3.8, 4) is 11.5 Å². The van der Waals surface area contributed by atoms with Crippen molar-refractivity contribution in [1.82, 2.24) is 0 Å². The van der Waals surface area contributed by atoms with Crippen LogP contribution >= 0.6 is 0 Å². The Hall–Kier alpha value is -2.95. The molecule has 5 heteroatoms. The van der Waals surface area contributed by atoms with Crippen LogP contribution < -0.4 is 9.47 Å². The monoisotopic (exact) mass is 328 g/mol. The number of fused-ring (bicyclic) bond motifs is 1. The zero-order chi connectivity index (χ0) is 17.1. The number of esters is 1. The Balaban J connectivity index is 1.82. The molecular weight excluding hydrogens is 314 g/mol. The van der Waals surface area contributed by atoms with Crippen LogP contribution in [0.4, 0.5) is 8.78 Å². The normalized spacial score (nSPS) is 10.6. The molecule has 24 heavy (non-hydrogen) atoms. The van der Waals surface area contributed by atoms with Gasteiger partial charge in [0.15, 0.2) is 11.6 Å². The Morgan fingerprint density at radius 3 is 2.38 bits per heavy atom. The highest BCUT2D eigenvalue weighted by Crippen LogP contribution is 2.23. The van der Waals surface area contributed by atoms with Crippen LogP contribution in [0.15, 0.2) is 54.6 Å². The molecule has 3 aromatic rings. The fourth-order valence-corrected chi connectivity index (χ4v) is 2.33. The molecule has 0 unspecified atom stereocenters. The summed E-state index contributed by atoms with van der Waals surface area (Å²) in [7, 11) is 0. The van der Waals surface area contributed by atoms with E-state index in [9.17, 15) is 13.6 Å². The summed E-state index contributed by atoms with van der Waals surface area (Å²) in [4.78, 5) is 12.2. The van der Waals surface area contributed by atoms with Crippen molar-refractivity contribution in [2.24, 2.45) is 0 Å². The minimum atomic E-state index is -0.932. The zero-order valence-corrected chi connectivity index (χ0v) is 12.9. The maximum atomic E-state index is 13.7. The Morgan fingerprint density at radius 1 is 0.958 bits per heavy atom. The Kier molecular flexibility index (Phi) is 4.42. The molecule has 3 aromatic carbocycles. The third-order valence-electron chi connectivity index (χ3n) is 3.49. The summed E-state index contributed by atoms with van der Waals surface area (Å²) < 4.78 is 37.5. The highest BCUT2D eigenvalue weighted by atomic mass is 19.2. The van der Waals surface area contributed by atoms with Gasteiger partial charge in [0.25, 0.3) is 0 Å². The van der Waals surface area contributed by atoms with Crippen LogP contribution in [0.3, 0.4) is 0 Å². The van der Waals surface area contributed by atoms with Crippen molar-refractivity contribution >= 4 is 16.7 Å². The molecule has 0 N–H and O–H groups in total. The van der Waals surface area contributed by atoms with Crippen LogP contribution in [0.2, 0.25) is 0 Å². The number of carbonyl (C=O) groups excluding carboxylic acids is 1. The number of rotatable bonds is 4. The van der Waals surface area contributed by atoms with Gasteiger partial charge in [-0.2, -0.15) is 0 Å². The first-order chi connectivity index (χ1) is 11.6. The minimum Gasteiger partial charge on any atom is -0.494 e. The quantitative estimate of drug-likeness (QED) is 0.513. The van der Waals surface area contributed by atoms with Crippen molar-refractivity contribution in [3.05, 3.63) is 71.8 Å². The minimum absolute atomic E-state index is 0.118. The van der Waals surface area contributed by atoms with Crippen molar-refractivity contribution in [1.29, 1.82) is 0 Å². The molecule has 0 aliphatic heterocycles. The van der Waals surface area contributed by atoms with Gasteiger partial charge in [0, 0.05) is 5.39 Å². The van der Waals surface area contributed by atoms with E-state index in [1.165, 1.54) is 24.3 Å².